The lowest BCUT2D eigenvalue weighted by Crippen LogP contribution is -2.19. The Kier molecular flexibility index (Phi) is 4.03. The van der Waals surface area contributed by atoms with Gasteiger partial charge in [0.1, 0.15) is 0 Å². The molecule has 0 aromatic carbocycles. The molecule has 0 radical (unpaired) electrons. The minimum atomic E-state index is 0.379. The van der Waals surface area contributed by atoms with E-state index in [1.165, 1.54) is 11.3 Å². The number of nitrogens with one attached hydrogen (secondary N) is 1. The number of halogens is 1. The van der Waals surface area contributed by atoms with Crippen molar-refractivity contribution in [2.75, 3.05) is 20.3 Å². The Hall–Kier alpha value is -0.0900. The monoisotopic (exact) mass is 245 g/mol. The van der Waals surface area contributed by atoms with Crippen LogP contribution in [0, 0.1) is 5.92 Å². The van der Waals surface area contributed by atoms with E-state index >= 15 is 0 Å². The number of hydrogen-bond acceptors (Lipinski definition) is 3. The van der Waals surface area contributed by atoms with E-state index in [9.17, 15) is 0 Å². The maximum absolute atomic E-state index is 6.14. The first-order chi connectivity index (χ1) is 7.31. The van der Waals surface area contributed by atoms with Gasteiger partial charge in [-0.1, -0.05) is 11.6 Å². The highest BCUT2D eigenvalue weighted by atomic mass is 35.5. The van der Waals surface area contributed by atoms with Crippen LogP contribution in [0.15, 0.2) is 11.4 Å². The van der Waals surface area contributed by atoms with Crippen LogP contribution in [0.5, 0.6) is 0 Å². The van der Waals surface area contributed by atoms with Crippen molar-refractivity contribution < 1.29 is 4.74 Å². The van der Waals surface area contributed by atoms with Crippen LogP contribution in [0.3, 0.4) is 0 Å². The van der Waals surface area contributed by atoms with Crippen LogP contribution in [-0.4, -0.2) is 20.3 Å². The van der Waals surface area contributed by atoms with Gasteiger partial charge in [0.05, 0.1) is 5.02 Å². The SMILES string of the molecule is CNC(CC1CCOC1)c1sccc1Cl. The smallest absolute Gasteiger partial charge is 0.0561 e. The van der Waals surface area contributed by atoms with Gasteiger partial charge in [-0.3, -0.25) is 0 Å². The average Bonchev–Trinajstić information content (AvgIpc) is 2.85. The second-order valence-corrected chi connectivity index (χ2v) is 5.29. The molecule has 2 heterocycles. The van der Waals surface area contributed by atoms with Gasteiger partial charge in [0, 0.05) is 24.1 Å². The van der Waals surface area contributed by atoms with Crippen LogP contribution in [-0.2, 0) is 4.74 Å². The Morgan fingerprint density at radius 3 is 3.13 bits per heavy atom. The molecule has 1 aliphatic heterocycles. The Labute approximate surface area is 99.6 Å². The summed E-state index contributed by atoms with van der Waals surface area (Å²) in [5.74, 6) is 0.681. The minimum absolute atomic E-state index is 0.379. The Bertz CT molecular complexity index is 309. The van der Waals surface area contributed by atoms with Crippen LogP contribution in [0.1, 0.15) is 23.8 Å². The van der Waals surface area contributed by atoms with Crippen molar-refractivity contribution in [1.82, 2.24) is 5.32 Å². The third kappa shape index (κ3) is 2.72. The van der Waals surface area contributed by atoms with Gasteiger partial charge >= 0.3 is 0 Å². The fourth-order valence-electron chi connectivity index (χ4n) is 2.01. The molecule has 0 spiro atoms. The Morgan fingerprint density at radius 2 is 2.60 bits per heavy atom. The molecule has 2 rings (SSSR count). The van der Waals surface area contributed by atoms with E-state index in [0.29, 0.717) is 12.0 Å². The van der Waals surface area contributed by atoms with Crippen LogP contribution in [0.25, 0.3) is 0 Å². The molecule has 4 heteroatoms. The van der Waals surface area contributed by atoms with Crippen molar-refractivity contribution in [3.8, 4) is 0 Å². The quantitative estimate of drug-likeness (QED) is 0.880. The molecule has 84 valence electrons. The number of thiophene rings is 1. The molecule has 0 aliphatic carbocycles. The van der Waals surface area contributed by atoms with Crippen molar-refractivity contribution in [3.63, 3.8) is 0 Å². The molecule has 0 amide bonds. The molecule has 2 atom stereocenters. The van der Waals surface area contributed by atoms with E-state index in [1.54, 1.807) is 11.3 Å². The summed E-state index contributed by atoms with van der Waals surface area (Å²) in [7, 11) is 2.00. The highest BCUT2D eigenvalue weighted by molar-refractivity contribution is 7.10. The molecule has 1 fully saturated rings. The van der Waals surface area contributed by atoms with E-state index in [4.69, 9.17) is 16.3 Å². The summed E-state index contributed by atoms with van der Waals surface area (Å²) in [6.45, 7) is 1.82. The summed E-state index contributed by atoms with van der Waals surface area (Å²) in [5, 5.41) is 6.28. The molecule has 1 aromatic heterocycles. The summed E-state index contributed by atoms with van der Waals surface area (Å²) >= 11 is 7.87. The first kappa shape index (κ1) is 11.4. The number of rotatable bonds is 4. The van der Waals surface area contributed by atoms with Crippen LogP contribution < -0.4 is 5.32 Å². The first-order valence-corrected chi connectivity index (χ1v) is 6.55. The molecule has 1 aromatic rings. The van der Waals surface area contributed by atoms with E-state index in [1.807, 2.05) is 18.5 Å². The third-order valence-electron chi connectivity index (χ3n) is 2.90. The number of hydrogen-bond donors (Lipinski definition) is 1. The van der Waals surface area contributed by atoms with E-state index in [-0.39, 0.29) is 0 Å². The fraction of sp³-hybridized carbons (Fsp3) is 0.636. The van der Waals surface area contributed by atoms with Crippen molar-refractivity contribution in [3.05, 3.63) is 21.3 Å². The van der Waals surface area contributed by atoms with Crippen molar-refractivity contribution in [2.45, 2.75) is 18.9 Å². The standard InChI is InChI=1S/C11H16ClNOS/c1-13-10(6-8-2-4-14-7-8)11-9(12)3-5-15-11/h3,5,8,10,13H,2,4,6-7H2,1H3. The molecule has 2 nitrogen and oxygen atoms in total. The number of ether oxygens (including phenoxy) is 1. The fourth-order valence-corrected chi connectivity index (χ4v) is 3.33. The normalized spacial score (nSPS) is 23.2. The molecule has 2 unspecified atom stereocenters. The molecule has 1 saturated heterocycles. The zero-order valence-electron chi connectivity index (χ0n) is 8.83. The van der Waals surface area contributed by atoms with Gasteiger partial charge in [-0.2, -0.15) is 0 Å². The molecular weight excluding hydrogens is 230 g/mol. The lowest BCUT2D eigenvalue weighted by Gasteiger charge is -2.18. The summed E-state index contributed by atoms with van der Waals surface area (Å²) in [5.41, 5.74) is 0. The second-order valence-electron chi connectivity index (χ2n) is 3.94. The van der Waals surface area contributed by atoms with Crippen molar-refractivity contribution in [2.24, 2.45) is 5.92 Å². The Balaban J connectivity index is 2.00. The van der Waals surface area contributed by atoms with Gasteiger partial charge in [0.2, 0.25) is 0 Å². The van der Waals surface area contributed by atoms with Crippen molar-refractivity contribution >= 4 is 22.9 Å². The van der Waals surface area contributed by atoms with E-state index in [2.05, 4.69) is 5.32 Å². The topological polar surface area (TPSA) is 21.3 Å². The third-order valence-corrected chi connectivity index (χ3v) is 4.37. The average molecular weight is 246 g/mol. The Morgan fingerprint density at radius 1 is 1.73 bits per heavy atom. The predicted molar refractivity (Wildman–Crippen MR) is 64.7 cm³/mol. The van der Waals surface area contributed by atoms with Gasteiger partial charge in [-0.05, 0) is 37.3 Å². The zero-order chi connectivity index (χ0) is 10.7. The van der Waals surface area contributed by atoms with Gasteiger partial charge in [-0.15, -0.1) is 11.3 Å². The van der Waals surface area contributed by atoms with E-state index < -0.39 is 0 Å². The molecule has 0 saturated carbocycles. The summed E-state index contributed by atoms with van der Waals surface area (Å²) in [6.07, 6.45) is 2.30. The first-order valence-electron chi connectivity index (χ1n) is 5.29. The molecular formula is C11H16ClNOS. The summed E-state index contributed by atoms with van der Waals surface area (Å²) in [4.78, 5) is 1.26. The van der Waals surface area contributed by atoms with Crippen molar-refractivity contribution in [1.29, 1.82) is 0 Å². The van der Waals surface area contributed by atoms with Gasteiger partial charge < -0.3 is 10.1 Å². The maximum atomic E-state index is 6.14. The largest absolute Gasteiger partial charge is 0.381 e. The predicted octanol–water partition coefficient (Wildman–Crippen LogP) is 3.09. The highest BCUT2D eigenvalue weighted by Gasteiger charge is 2.22. The molecule has 1 N–H and O–H groups in total. The van der Waals surface area contributed by atoms with Gasteiger partial charge in [-0.25, -0.2) is 0 Å². The second kappa shape index (κ2) is 5.30. The minimum Gasteiger partial charge on any atom is -0.381 e. The van der Waals surface area contributed by atoms with Gasteiger partial charge in [0.15, 0.2) is 0 Å². The van der Waals surface area contributed by atoms with E-state index in [0.717, 1.165) is 24.7 Å². The van der Waals surface area contributed by atoms with Crippen LogP contribution in [0.2, 0.25) is 5.02 Å². The highest BCUT2D eigenvalue weighted by Crippen LogP contribution is 2.33. The maximum Gasteiger partial charge on any atom is 0.0561 e. The molecule has 15 heavy (non-hydrogen) atoms. The van der Waals surface area contributed by atoms with Crippen LogP contribution in [0.4, 0.5) is 0 Å². The van der Waals surface area contributed by atoms with Gasteiger partial charge in [0.25, 0.3) is 0 Å². The van der Waals surface area contributed by atoms with Crippen LogP contribution >= 0.6 is 22.9 Å². The molecule has 1 aliphatic rings. The lowest BCUT2D eigenvalue weighted by molar-refractivity contribution is 0.182. The summed E-state index contributed by atoms with van der Waals surface area (Å²) in [6, 6.07) is 2.35. The zero-order valence-corrected chi connectivity index (χ0v) is 10.4. The molecule has 0 bridgehead atoms. The summed E-state index contributed by atoms with van der Waals surface area (Å²) < 4.78 is 5.39. The lowest BCUT2D eigenvalue weighted by atomic mass is 9.98.